The van der Waals surface area contributed by atoms with Crippen LogP contribution < -0.4 is 10.6 Å². The molecule has 0 radical (unpaired) electrons. The first kappa shape index (κ1) is 19.0. The van der Waals surface area contributed by atoms with Gasteiger partial charge in [0.25, 0.3) is 0 Å². The van der Waals surface area contributed by atoms with Crippen LogP contribution in [0.25, 0.3) is 0 Å². The smallest absolute Gasteiger partial charge is 0.191 e. The van der Waals surface area contributed by atoms with Gasteiger partial charge in [0.2, 0.25) is 0 Å². The third-order valence-corrected chi connectivity index (χ3v) is 4.81. The lowest BCUT2D eigenvalue weighted by Gasteiger charge is -2.18. The van der Waals surface area contributed by atoms with Crippen LogP contribution in [0.2, 0.25) is 0 Å². The molecule has 1 aromatic rings. The van der Waals surface area contributed by atoms with Gasteiger partial charge >= 0.3 is 0 Å². The molecule has 22 heavy (non-hydrogen) atoms. The Hall–Kier alpha value is -1.07. The van der Waals surface area contributed by atoms with E-state index in [1.54, 1.807) is 0 Å². The predicted octanol–water partition coefficient (Wildman–Crippen LogP) is 3.16. The lowest BCUT2D eigenvalue weighted by molar-refractivity contribution is 0.251. The Balaban J connectivity index is 2.53. The van der Waals surface area contributed by atoms with Crippen LogP contribution in [0.1, 0.15) is 49.8 Å². The summed E-state index contributed by atoms with van der Waals surface area (Å²) in [7, 11) is 0. The molecule has 1 unspecified atom stereocenters. The second kappa shape index (κ2) is 11.5. The molecule has 4 nitrogen and oxygen atoms in total. The zero-order chi connectivity index (χ0) is 16.2. The van der Waals surface area contributed by atoms with E-state index in [1.165, 1.54) is 9.75 Å². The van der Waals surface area contributed by atoms with Crippen molar-refractivity contribution in [2.45, 2.75) is 53.0 Å². The number of guanidine groups is 1. The molecule has 0 saturated carbocycles. The van der Waals surface area contributed by atoms with E-state index in [0.29, 0.717) is 5.92 Å². The minimum Gasteiger partial charge on any atom is -0.396 e. The summed E-state index contributed by atoms with van der Waals surface area (Å²) in [5.41, 5.74) is 0. The van der Waals surface area contributed by atoms with Crippen molar-refractivity contribution in [2.24, 2.45) is 10.9 Å². The van der Waals surface area contributed by atoms with Gasteiger partial charge in [-0.25, -0.2) is 4.99 Å². The molecular formula is C17H31N3OS. The summed E-state index contributed by atoms with van der Waals surface area (Å²) in [5, 5.41) is 15.8. The highest BCUT2D eigenvalue weighted by molar-refractivity contribution is 7.11. The van der Waals surface area contributed by atoms with Crippen LogP contribution >= 0.6 is 11.3 Å². The van der Waals surface area contributed by atoms with Crippen LogP contribution in [0.15, 0.2) is 17.1 Å². The van der Waals surface area contributed by atoms with Gasteiger partial charge in [-0.2, -0.15) is 0 Å². The molecule has 0 fully saturated rings. The van der Waals surface area contributed by atoms with Gasteiger partial charge in [0.05, 0.1) is 6.54 Å². The summed E-state index contributed by atoms with van der Waals surface area (Å²) in [6.45, 7) is 9.15. The van der Waals surface area contributed by atoms with E-state index < -0.39 is 0 Å². The predicted molar refractivity (Wildman–Crippen MR) is 96.6 cm³/mol. The number of hydrogen-bond acceptors (Lipinski definition) is 3. The molecule has 0 saturated heterocycles. The molecule has 0 spiro atoms. The minimum absolute atomic E-state index is 0.259. The topological polar surface area (TPSA) is 56.6 Å². The number of nitrogens with zero attached hydrogens (tertiary/aromatic N) is 1. The Morgan fingerprint density at radius 3 is 2.55 bits per heavy atom. The number of nitrogens with one attached hydrogen (secondary N) is 2. The van der Waals surface area contributed by atoms with Gasteiger partial charge in [-0.1, -0.05) is 20.3 Å². The molecule has 1 heterocycles. The highest BCUT2D eigenvalue weighted by Crippen LogP contribution is 2.17. The van der Waals surface area contributed by atoms with E-state index in [2.05, 4.69) is 48.5 Å². The van der Waals surface area contributed by atoms with Crippen molar-refractivity contribution in [3.63, 3.8) is 0 Å². The van der Waals surface area contributed by atoms with Crippen LogP contribution in [0.5, 0.6) is 0 Å². The molecule has 0 aromatic carbocycles. The fraction of sp³-hybridized carbons (Fsp3) is 0.706. The number of aryl methyl sites for hydroxylation is 1. The van der Waals surface area contributed by atoms with Crippen molar-refractivity contribution < 1.29 is 5.11 Å². The van der Waals surface area contributed by atoms with Gasteiger partial charge in [-0.05, 0) is 44.2 Å². The molecule has 0 aliphatic heterocycles. The maximum atomic E-state index is 9.14. The molecule has 1 rings (SSSR count). The van der Waals surface area contributed by atoms with Crippen LogP contribution in [0, 0.1) is 5.92 Å². The Labute approximate surface area is 139 Å². The fourth-order valence-electron chi connectivity index (χ4n) is 2.38. The number of aliphatic hydroxyl groups excluding tert-OH is 1. The highest BCUT2D eigenvalue weighted by Gasteiger charge is 2.08. The lowest BCUT2D eigenvalue weighted by atomic mass is 10.0. The molecule has 1 atom stereocenters. The van der Waals surface area contributed by atoms with Crippen molar-refractivity contribution in [1.29, 1.82) is 0 Å². The van der Waals surface area contributed by atoms with E-state index >= 15 is 0 Å². The second-order valence-electron chi connectivity index (χ2n) is 5.46. The van der Waals surface area contributed by atoms with Crippen molar-refractivity contribution in [3.05, 3.63) is 21.9 Å². The third kappa shape index (κ3) is 7.27. The Morgan fingerprint density at radius 2 is 1.95 bits per heavy atom. The van der Waals surface area contributed by atoms with E-state index in [9.17, 15) is 0 Å². The number of rotatable bonds is 10. The normalized spacial score (nSPS) is 13.2. The first-order valence-electron chi connectivity index (χ1n) is 8.44. The summed E-state index contributed by atoms with van der Waals surface area (Å²) in [6.07, 6.45) is 4.23. The van der Waals surface area contributed by atoms with E-state index in [-0.39, 0.29) is 6.61 Å². The van der Waals surface area contributed by atoms with Gasteiger partial charge in [0.15, 0.2) is 5.96 Å². The van der Waals surface area contributed by atoms with Crippen LogP contribution in [0.3, 0.4) is 0 Å². The first-order chi connectivity index (χ1) is 10.7. The molecule has 0 aliphatic carbocycles. The molecule has 0 aliphatic rings. The summed E-state index contributed by atoms with van der Waals surface area (Å²) in [6, 6.07) is 4.36. The van der Waals surface area contributed by atoms with E-state index in [0.717, 1.165) is 51.3 Å². The maximum Gasteiger partial charge on any atom is 0.191 e. The van der Waals surface area contributed by atoms with Crippen molar-refractivity contribution in [2.75, 3.05) is 19.7 Å². The number of hydrogen-bond donors (Lipinski definition) is 3. The Kier molecular flexibility index (Phi) is 9.91. The molecule has 3 N–H and O–H groups in total. The maximum absolute atomic E-state index is 9.14. The zero-order valence-corrected chi connectivity index (χ0v) is 15.0. The van der Waals surface area contributed by atoms with Gasteiger partial charge < -0.3 is 15.7 Å². The lowest BCUT2D eigenvalue weighted by Crippen LogP contribution is -2.40. The summed E-state index contributed by atoms with van der Waals surface area (Å²) in [5.74, 6) is 1.38. The van der Waals surface area contributed by atoms with Crippen molar-refractivity contribution in [1.82, 2.24) is 10.6 Å². The molecule has 5 heteroatoms. The van der Waals surface area contributed by atoms with E-state index in [1.807, 2.05) is 11.3 Å². The third-order valence-electron chi connectivity index (χ3n) is 3.60. The van der Waals surface area contributed by atoms with Gasteiger partial charge in [-0.3, -0.25) is 0 Å². The SMILES string of the molecule is CCCC(CCO)CNC(=NCc1ccc(CC)s1)NCC. The minimum atomic E-state index is 0.259. The zero-order valence-electron chi connectivity index (χ0n) is 14.2. The van der Waals surface area contributed by atoms with Gasteiger partial charge in [0.1, 0.15) is 0 Å². The largest absolute Gasteiger partial charge is 0.396 e. The first-order valence-corrected chi connectivity index (χ1v) is 9.25. The number of aliphatic imine (C=N–C) groups is 1. The molecule has 1 aromatic heterocycles. The van der Waals surface area contributed by atoms with Crippen LogP contribution in [0.4, 0.5) is 0 Å². The Morgan fingerprint density at radius 1 is 1.18 bits per heavy atom. The van der Waals surface area contributed by atoms with Crippen molar-refractivity contribution in [3.8, 4) is 0 Å². The van der Waals surface area contributed by atoms with Crippen molar-refractivity contribution >= 4 is 17.3 Å². The summed E-state index contributed by atoms with van der Waals surface area (Å²) in [4.78, 5) is 7.38. The number of aliphatic hydroxyl groups is 1. The van der Waals surface area contributed by atoms with Gasteiger partial charge in [-0.15, -0.1) is 11.3 Å². The fourth-order valence-corrected chi connectivity index (χ4v) is 3.26. The second-order valence-corrected chi connectivity index (χ2v) is 6.72. The summed E-state index contributed by atoms with van der Waals surface area (Å²) >= 11 is 1.84. The average Bonchev–Trinajstić information content (AvgIpc) is 2.98. The average molecular weight is 326 g/mol. The molecule has 126 valence electrons. The monoisotopic (exact) mass is 325 g/mol. The van der Waals surface area contributed by atoms with Crippen LogP contribution in [-0.2, 0) is 13.0 Å². The molecule has 0 amide bonds. The quantitative estimate of drug-likeness (QED) is 0.457. The Bertz CT molecular complexity index is 425. The highest BCUT2D eigenvalue weighted by atomic mass is 32.1. The van der Waals surface area contributed by atoms with E-state index in [4.69, 9.17) is 5.11 Å². The summed E-state index contributed by atoms with van der Waals surface area (Å²) < 4.78 is 0. The molecule has 0 bridgehead atoms. The number of thiophene rings is 1. The van der Waals surface area contributed by atoms with Crippen LogP contribution in [-0.4, -0.2) is 30.8 Å². The standard InChI is InChI=1S/C17H31N3OS/c1-4-7-14(10-11-21)12-19-17(18-6-3)20-13-16-9-8-15(5-2)22-16/h8-9,14,21H,4-7,10-13H2,1-3H3,(H2,18,19,20). The van der Waals surface area contributed by atoms with Gasteiger partial charge in [0, 0.05) is 29.5 Å². The molecular weight excluding hydrogens is 294 g/mol.